The van der Waals surface area contributed by atoms with Crippen molar-refractivity contribution in [2.45, 2.75) is 111 Å². The lowest BCUT2D eigenvalue weighted by Crippen LogP contribution is -2.45. The number of nitrogens with zero attached hydrogens (tertiary/aromatic N) is 1. The highest BCUT2D eigenvalue weighted by Gasteiger charge is 2.24. The van der Waals surface area contributed by atoms with Crippen LogP contribution < -0.4 is 0 Å². The smallest absolute Gasteiger partial charge is 0.0153 e. The van der Waals surface area contributed by atoms with Crippen molar-refractivity contribution in [2.24, 2.45) is 0 Å². The molecule has 0 atom stereocenters. The number of unbranched alkanes of at least 4 members (excludes halogenated alkanes) is 7. The van der Waals surface area contributed by atoms with Crippen LogP contribution in [0.15, 0.2) is 0 Å². The van der Waals surface area contributed by atoms with Gasteiger partial charge in [-0.15, -0.1) is 0 Å². The van der Waals surface area contributed by atoms with Crippen LogP contribution in [0.2, 0.25) is 0 Å². The molecule has 0 aromatic heterocycles. The van der Waals surface area contributed by atoms with Gasteiger partial charge in [-0.2, -0.15) is 0 Å². The summed E-state index contributed by atoms with van der Waals surface area (Å²) >= 11 is 0. The Bertz CT molecular complexity index is 190. The van der Waals surface area contributed by atoms with E-state index in [4.69, 9.17) is 0 Å². The second kappa shape index (κ2) is 12.7. The largest absolute Gasteiger partial charge is 0.298 e. The summed E-state index contributed by atoms with van der Waals surface area (Å²) in [6, 6.07) is 0. The molecule has 0 heterocycles. The SMILES string of the molecule is CCCCCCCCC(C)(C)N(CCCC)CCCC. The van der Waals surface area contributed by atoms with Crippen LogP contribution in [0, 0.1) is 0 Å². The van der Waals surface area contributed by atoms with Crippen molar-refractivity contribution in [3.8, 4) is 0 Å². The van der Waals surface area contributed by atoms with E-state index in [1.807, 2.05) is 0 Å². The molecule has 0 aromatic carbocycles. The maximum atomic E-state index is 2.76. The number of hydrogen-bond acceptors (Lipinski definition) is 1. The molecular weight excluding hydrogens is 242 g/mol. The molecule has 0 aliphatic carbocycles. The zero-order chi connectivity index (χ0) is 15.3. The van der Waals surface area contributed by atoms with Crippen LogP contribution in [0.3, 0.4) is 0 Å². The number of rotatable bonds is 14. The maximum Gasteiger partial charge on any atom is 0.0153 e. The minimum Gasteiger partial charge on any atom is -0.298 e. The zero-order valence-electron chi connectivity index (χ0n) is 15.1. The molecule has 0 saturated heterocycles. The summed E-state index contributed by atoms with van der Waals surface area (Å²) in [6.07, 6.45) is 15.2. The molecule has 0 fully saturated rings. The van der Waals surface area contributed by atoms with Gasteiger partial charge in [0.1, 0.15) is 0 Å². The van der Waals surface area contributed by atoms with Crippen LogP contribution in [-0.2, 0) is 0 Å². The molecule has 0 radical (unpaired) electrons. The second-order valence-electron chi connectivity index (χ2n) is 7.02. The third kappa shape index (κ3) is 9.80. The first kappa shape index (κ1) is 20.0. The monoisotopic (exact) mass is 283 g/mol. The Labute approximate surface area is 129 Å². The molecule has 1 heteroatoms. The van der Waals surface area contributed by atoms with Crippen molar-refractivity contribution < 1.29 is 0 Å². The highest BCUT2D eigenvalue weighted by molar-refractivity contribution is 4.81. The van der Waals surface area contributed by atoms with E-state index >= 15 is 0 Å². The first-order valence-electron chi connectivity index (χ1n) is 9.33. The van der Waals surface area contributed by atoms with Gasteiger partial charge in [-0.25, -0.2) is 0 Å². The van der Waals surface area contributed by atoms with Crippen LogP contribution in [0.1, 0.15) is 105 Å². The zero-order valence-corrected chi connectivity index (χ0v) is 15.1. The molecule has 0 aromatic rings. The molecule has 0 saturated carbocycles. The van der Waals surface area contributed by atoms with Gasteiger partial charge < -0.3 is 0 Å². The van der Waals surface area contributed by atoms with Crippen LogP contribution in [0.5, 0.6) is 0 Å². The quantitative estimate of drug-likeness (QED) is 0.333. The van der Waals surface area contributed by atoms with E-state index in [-0.39, 0.29) is 0 Å². The summed E-state index contributed by atoms with van der Waals surface area (Å²) in [5, 5.41) is 0. The van der Waals surface area contributed by atoms with Crippen molar-refractivity contribution in [1.82, 2.24) is 4.90 Å². The standard InChI is InChI=1S/C19H41N/c1-6-9-12-13-14-15-16-19(4,5)20(17-10-7-2)18-11-8-3/h6-18H2,1-5H3. The van der Waals surface area contributed by atoms with Crippen molar-refractivity contribution in [3.63, 3.8) is 0 Å². The van der Waals surface area contributed by atoms with Gasteiger partial charge >= 0.3 is 0 Å². The van der Waals surface area contributed by atoms with Gasteiger partial charge in [0, 0.05) is 5.54 Å². The molecule has 0 rings (SSSR count). The lowest BCUT2D eigenvalue weighted by molar-refractivity contribution is 0.104. The van der Waals surface area contributed by atoms with E-state index in [1.54, 1.807) is 0 Å². The summed E-state index contributed by atoms with van der Waals surface area (Å²) in [7, 11) is 0. The summed E-state index contributed by atoms with van der Waals surface area (Å²) in [6.45, 7) is 14.4. The average molecular weight is 284 g/mol. The molecule has 0 bridgehead atoms. The molecule has 122 valence electrons. The van der Waals surface area contributed by atoms with Crippen molar-refractivity contribution in [3.05, 3.63) is 0 Å². The van der Waals surface area contributed by atoms with Crippen molar-refractivity contribution in [1.29, 1.82) is 0 Å². The molecule has 0 unspecified atom stereocenters. The summed E-state index contributed by atoms with van der Waals surface area (Å²) < 4.78 is 0. The highest BCUT2D eigenvalue weighted by Crippen LogP contribution is 2.23. The normalized spacial score (nSPS) is 12.3. The van der Waals surface area contributed by atoms with Gasteiger partial charge in [0.05, 0.1) is 0 Å². The molecule has 20 heavy (non-hydrogen) atoms. The van der Waals surface area contributed by atoms with E-state index in [0.29, 0.717) is 5.54 Å². The predicted molar refractivity (Wildman–Crippen MR) is 93.5 cm³/mol. The third-order valence-corrected chi connectivity index (χ3v) is 4.56. The van der Waals surface area contributed by atoms with Crippen molar-refractivity contribution in [2.75, 3.05) is 13.1 Å². The molecule has 0 aliphatic heterocycles. The minimum atomic E-state index is 0.398. The lowest BCUT2D eigenvalue weighted by atomic mass is 9.93. The van der Waals surface area contributed by atoms with Crippen LogP contribution in [0.4, 0.5) is 0 Å². The summed E-state index contributed by atoms with van der Waals surface area (Å²) in [5.74, 6) is 0. The second-order valence-corrected chi connectivity index (χ2v) is 7.02. The Hall–Kier alpha value is -0.0400. The Morgan fingerprint density at radius 3 is 1.55 bits per heavy atom. The average Bonchev–Trinajstić information content (AvgIpc) is 2.42. The topological polar surface area (TPSA) is 3.24 Å². The van der Waals surface area contributed by atoms with E-state index in [1.165, 1.54) is 83.7 Å². The molecule has 0 N–H and O–H groups in total. The van der Waals surface area contributed by atoms with Crippen LogP contribution >= 0.6 is 0 Å². The predicted octanol–water partition coefficient (Wildman–Crippen LogP) is 6.42. The Morgan fingerprint density at radius 2 is 1.05 bits per heavy atom. The fraction of sp³-hybridized carbons (Fsp3) is 1.00. The Kier molecular flexibility index (Phi) is 12.7. The lowest BCUT2D eigenvalue weighted by Gasteiger charge is -2.39. The fourth-order valence-corrected chi connectivity index (χ4v) is 2.91. The van der Waals surface area contributed by atoms with Gasteiger partial charge in [-0.05, 0) is 46.2 Å². The van der Waals surface area contributed by atoms with E-state index < -0.39 is 0 Å². The maximum absolute atomic E-state index is 2.76. The van der Waals surface area contributed by atoms with E-state index in [0.717, 1.165) is 0 Å². The molecule has 0 spiro atoms. The molecular formula is C19H41N. The minimum absolute atomic E-state index is 0.398. The van der Waals surface area contributed by atoms with E-state index in [2.05, 4.69) is 39.5 Å². The van der Waals surface area contributed by atoms with Gasteiger partial charge in [0.2, 0.25) is 0 Å². The molecule has 0 aliphatic rings. The molecule has 1 nitrogen and oxygen atoms in total. The molecule has 0 amide bonds. The third-order valence-electron chi connectivity index (χ3n) is 4.56. The summed E-state index contributed by atoms with van der Waals surface area (Å²) in [5.41, 5.74) is 0.398. The fourth-order valence-electron chi connectivity index (χ4n) is 2.91. The van der Waals surface area contributed by atoms with Gasteiger partial charge in [-0.3, -0.25) is 4.90 Å². The van der Waals surface area contributed by atoms with Gasteiger partial charge in [0.15, 0.2) is 0 Å². The first-order valence-corrected chi connectivity index (χ1v) is 9.33. The van der Waals surface area contributed by atoms with Gasteiger partial charge in [0.25, 0.3) is 0 Å². The summed E-state index contributed by atoms with van der Waals surface area (Å²) in [4.78, 5) is 2.76. The Balaban J connectivity index is 4.02. The first-order chi connectivity index (χ1) is 9.58. The Morgan fingerprint density at radius 1 is 0.600 bits per heavy atom. The van der Waals surface area contributed by atoms with Crippen molar-refractivity contribution >= 4 is 0 Å². The number of hydrogen-bond donors (Lipinski definition) is 0. The van der Waals surface area contributed by atoms with Crippen LogP contribution in [-0.4, -0.2) is 23.5 Å². The van der Waals surface area contributed by atoms with Gasteiger partial charge in [-0.1, -0.05) is 72.1 Å². The van der Waals surface area contributed by atoms with Crippen LogP contribution in [0.25, 0.3) is 0 Å². The highest BCUT2D eigenvalue weighted by atomic mass is 15.2. The van der Waals surface area contributed by atoms with E-state index in [9.17, 15) is 0 Å².